The Hall–Kier alpha value is -1.78. The standard InChI is InChI=1S/C20H23ClN4O3S2/c1-14-18(30(26,27)22-8-5-11-25-9-2-3-10-25)13-17(29-14)20-23-19(24-28-20)15-6-4-7-16(21)12-15/h4,6-7,12-13,22H,2-3,5,8-11H2,1H3. The molecule has 30 heavy (non-hydrogen) atoms. The number of hydrogen-bond acceptors (Lipinski definition) is 7. The van der Waals surface area contributed by atoms with Crippen LogP contribution in [-0.2, 0) is 10.0 Å². The van der Waals surface area contributed by atoms with E-state index in [1.165, 1.54) is 24.2 Å². The topological polar surface area (TPSA) is 88.3 Å². The molecule has 0 amide bonds. The minimum atomic E-state index is -3.59. The van der Waals surface area contributed by atoms with Crippen LogP contribution in [0, 0.1) is 6.92 Å². The quantitative estimate of drug-likeness (QED) is 0.501. The van der Waals surface area contributed by atoms with Gasteiger partial charge in [0.05, 0.1) is 9.77 Å². The second-order valence-electron chi connectivity index (χ2n) is 7.26. The van der Waals surface area contributed by atoms with Crippen LogP contribution in [0.3, 0.4) is 0 Å². The average molecular weight is 467 g/mol. The van der Waals surface area contributed by atoms with E-state index in [9.17, 15) is 8.42 Å². The number of likely N-dealkylation sites (tertiary alicyclic amines) is 1. The molecular weight excluding hydrogens is 444 g/mol. The minimum absolute atomic E-state index is 0.256. The molecule has 7 nitrogen and oxygen atoms in total. The van der Waals surface area contributed by atoms with Gasteiger partial charge in [-0.15, -0.1) is 11.3 Å². The normalized spacial score (nSPS) is 15.1. The van der Waals surface area contributed by atoms with E-state index >= 15 is 0 Å². The van der Waals surface area contributed by atoms with Crippen LogP contribution < -0.4 is 4.72 Å². The highest BCUT2D eigenvalue weighted by Gasteiger charge is 2.23. The molecule has 3 aromatic rings. The van der Waals surface area contributed by atoms with Crippen molar-refractivity contribution in [3.05, 3.63) is 40.2 Å². The summed E-state index contributed by atoms with van der Waals surface area (Å²) in [7, 11) is -3.59. The Labute approximate surface area is 185 Å². The molecule has 4 rings (SSSR count). The monoisotopic (exact) mass is 466 g/mol. The Morgan fingerprint density at radius 1 is 1.27 bits per heavy atom. The molecule has 0 bridgehead atoms. The number of rotatable bonds is 8. The lowest BCUT2D eigenvalue weighted by Crippen LogP contribution is -2.28. The minimum Gasteiger partial charge on any atom is -0.333 e. The van der Waals surface area contributed by atoms with Crippen molar-refractivity contribution in [3.63, 3.8) is 0 Å². The first-order valence-electron chi connectivity index (χ1n) is 9.85. The van der Waals surface area contributed by atoms with Gasteiger partial charge < -0.3 is 9.42 Å². The zero-order valence-corrected chi connectivity index (χ0v) is 19.0. The van der Waals surface area contributed by atoms with Crippen LogP contribution in [0.5, 0.6) is 0 Å². The predicted molar refractivity (Wildman–Crippen MR) is 118 cm³/mol. The van der Waals surface area contributed by atoms with Crippen molar-refractivity contribution in [2.45, 2.75) is 31.1 Å². The van der Waals surface area contributed by atoms with Gasteiger partial charge in [-0.3, -0.25) is 0 Å². The molecule has 160 valence electrons. The number of aryl methyl sites for hydroxylation is 1. The Bertz CT molecular complexity index is 1120. The molecule has 10 heteroatoms. The van der Waals surface area contributed by atoms with Crippen molar-refractivity contribution >= 4 is 33.0 Å². The lowest BCUT2D eigenvalue weighted by Gasteiger charge is -2.14. The van der Waals surface area contributed by atoms with Crippen molar-refractivity contribution in [3.8, 4) is 22.2 Å². The molecule has 0 atom stereocenters. The summed E-state index contributed by atoms with van der Waals surface area (Å²) in [6.07, 6.45) is 3.26. The van der Waals surface area contributed by atoms with Crippen LogP contribution >= 0.6 is 22.9 Å². The number of sulfonamides is 1. The molecule has 2 aromatic heterocycles. The van der Waals surface area contributed by atoms with Gasteiger partial charge >= 0.3 is 0 Å². The van der Waals surface area contributed by atoms with E-state index in [0.29, 0.717) is 27.1 Å². The van der Waals surface area contributed by atoms with E-state index < -0.39 is 10.0 Å². The molecule has 0 unspecified atom stereocenters. The van der Waals surface area contributed by atoms with E-state index in [-0.39, 0.29) is 10.8 Å². The summed E-state index contributed by atoms with van der Waals surface area (Å²) < 4.78 is 33.6. The highest BCUT2D eigenvalue weighted by molar-refractivity contribution is 7.89. The van der Waals surface area contributed by atoms with Crippen LogP contribution in [0.1, 0.15) is 24.1 Å². The van der Waals surface area contributed by atoms with Crippen LogP contribution in [0.25, 0.3) is 22.2 Å². The SMILES string of the molecule is Cc1sc(-c2nc(-c3cccc(Cl)c3)no2)cc1S(=O)(=O)NCCCN1CCCC1. The maximum absolute atomic E-state index is 12.8. The van der Waals surface area contributed by atoms with Crippen molar-refractivity contribution in [2.75, 3.05) is 26.2 Å². The fourth-order valence-electron chi connectivity index (χ4n) is 3.50. The number of aromatic nitrogens is 2. The molecule has 1 N–H and O–H groups in total. The fraction of sp³-hybridized carbons (Fsp3) is 0.400. The Morgan fingerprint density at radius 3 is 2.83 bits per heavy atom. The lowest BCUT2D eigenvalue weighted by atomic mass is 10.2. The number of nitrogens with zero attached hydrogens (tertiary/aromatic N) is 3. The van der Waals surface area contributed by atoms with E-state index in [4.69, 9.17) is 16.1 Å². The van der Waals surface area contributed by atoms with Gasteiger partial charge in [-0.25, -0.2) is 13.1 Å². The van der Waals surface area contributed by atoms with Gasteiger partial charge in [-0.05, 0) is 64.0 Å². The van der Waals surface area contributed by atoms with Crippen LogP contribution in [0.15, 0.2) is 39.8 Å². The maximum Gasteiger partial charge on any atom is 0.268 e. The second kappa shape index (κ2) is 9.15. The first-order valence-corrected chi connectivity index (χ1v) is 12.5. The second-order valence-corrected chi connectivity index (χ2v) is 10.7. The van der Waals surface area contributed by atoms with Gasteiger partial charge in [-0.2, -0.15) is 4.98 Å². The summed E-state index contributed by atoms with van der Waals surface area (Å²) in [6, 6.07) is 8.76. The molecule has 0 spiro atoms. The summed E-state index contributed by atoms with van der Waals surface area (Å²) in [5, 5.41) is 4.57. The number of thiophene rings is 1. The Balaban J connectivity index is 1.44. The molecule has 1 aromatic carbocycles. The highest BCUT2D eigenvalue weighted by Crippen LogP contribution is 2.33. The van der Waals surface area contributed by atoms with Crippen LogP contribution in [0.2, 0.25) is 5.02 Å². The van der Waals surface area contributed by atoms with E-state index in [0.717, 1.165) is 31.6 Å². The number of halogens is 1. The number of hydrogen-bond donors (Lipinski definition) is 1. The third kappa shape index (κ3) is 4.92. The first-order chi connectivity index (χ1) is 14.4. The fourth-order valence-corrected chi connectivity index (χ4v) is 6.27. The summed E-state index contributed by atoms with van der Waals surface area (Å²) in [5.74, 6) is 0.691. The molecule has 3 heterocycles. The van der Waals surface area contributed by atoms with Crippen molar-refractivity contribution < 1.29 is 12.9 Å². The molecule has 0 saturated carbocycles. The van der Waals surface area contributed by atoms with E-state index in [2.05, 4.69) is 19.8 Å². The summed E-state index contributed by atoms with van der Waals surface area (Å²) in [5.41, 5.74) is 0.735. The first kappa shape index (κ1) is 21.5. The van der Waals surface area contributed by atoms with Crippen LogP contribution in [-0.4, -0.2) is 49.6 Å². The molecule has 1 aliphatic rings. The zero-order valence-electron chi connectivity index (χ0n) is 16.6. The van der Waals surface area contributed by atoms with Gasteiger partial charge in [-0.1, -0.05) is 28.9 Å². The van der Waals surface area contributed by atoms with E-state index in [1.54, 1.807) is 25.1 Å². The smallest absolute Gasteiger partial charge is 0.268 e. The van der Waals surface area contributed by atoms with Gasteiger partial charge in [0.1, 0.15) is 0 Å². The van der Waals surface area contributed by atoms with Crippen molar-refractivity contribution in [2.24, 2.45) is 0 Å². The Morgan fingerprint density at radius 2 is 2.07 bits per heavy atom. The lowest BCUT2D eigenvalue weighted by molar-refractivity contribution is 0.334. The summed E-state index contributed by atoms with van der Waals surface area (Å²) in [4.78, 5) is 8.32. The number of benzene rings is 1. The molecule has 1 fully saturated rings. The maximum atomic E-state index is 12.8. The Kier molecular flexibility index (Phi) is 6.54. The van der Waals surface area contributed by atoms with Gasteiger partial charge in [0.2, 0.25) is 15.8 Å². The van der Waals surface area contributed by atoms with Gasteiger partial charge in [0.25, 0.3) is 5.89 Å². The molecule has 1 aliphatic heterocycles. The summed E-state index contributed by atoms with van der Waals surface area (Å²) >= 11 is 7.34. The zero-order chi connectivity index (χ0) is 21.1. The van der Waals surface area contributed by atoms with Crippen molar-refractivity contribution in [1.82, 2.24) is 19.8 Å². The van der Waals surface area contributed by atoms with E-state index in [1.807, 2.05) is 12.1 Å². The van der Waals surface area contributed by atoms with Crippen molar-refractivity contribution in [1.29, 1.82) is 0 Å². The highest BCUT2D eigenvalue weighted by atomic mass is 35.5. The largest absolute Gasteiger partial charge is 0.333 e. The predicted octanol–water partition coefficient (Wildman–Crippen LogP) is 4.19. The molecule has 1 saturated heterocycles. The van der Waals surface area contributed by atoms with Gasteiger partial charge in [0.15, 0.2) is 0 Å². The number of nitrogens with one attached hydrogen (secondary N) is 1. The van der Waals surface area contributed by atoms with Crippen LogP contribution in [0.4, 0.5) is 0 Å². The molecule has 0 radical (unpaired) electrons. The third-order valence-corrected chi connectivity index (χ3v) is 8.01. The molecular formula is C20H23ClN4O3S2. The molecule has 0 aliphatic carbocycles. The third-order valence-electron chi connectivity index (χ3n) is 5.02. The van der Waals surface area contributed by atoms with Gasteiger partial charge in [0, 0.05) is 22.0 Å². The average Bonchev–Trinajstić information content (AvgIpc) is 3.46. The summed E-state index contributed by atoms with van der Waals surface area (Å²) in [6.45, 7) is 5.34.